The molecule has 1 atom stereocenters. The number of halogens is 1. The van der Waals surface area contributed by atoms with Gasteiger partial charge in [0.15, 0.2) is 0 Å². The monoisotopic (exact) mass is 379 g/mol. The number of rotatable bonds is 11. The largest absolute Gasteiger partial charge is 0.342 e. The quantitative estimate of drug-likeness (QED) is 0.283. The molecule has 0 bridgehead atoms. The molecule has 2 nitrogen and oxygen atoms in total. The normalized spacial score (nSPS) is 19.4. The number of carbonyl (C=O) groups excluding carboxylic acids is 1. The van der Waals surface area contributed by atoms with Crippen molar-refractivity contribution in [2.45, 2.75) is 81.5 Å². The third-order valence-electron chi connectivity index (χ3n) is 4.01. The van der Waals surface area contributed by atoms with E-state index < -0.39 is 0 Å². The lowest BCUT2D eigenvalue weighted by Crippen LogP contribution is -2.28. The Kier molecular flexibility index (Phi) is 9.92. The van der Waals surface area contributed by atoms with Crippen LogP contribution in [0.4, 0.5) is 0 Å². The van der Waals surface area contributed by atoms with Crippen LogP contribution in [0.2, 0.25) is 0 Å². The van der Waals surface area contributed by atoms with Crippen molar-refractivity contribution < 1.29 is 4.79 Å². The molecule has 1 aliphatic rings. The van der Waals surface area contributed by atoms with Crippen LogP contribution in [0.25, 0.3) is 0 Å². The number of likely N-dealkylation sites (tertiary alicyclic amines) is 1. The van der Waals surface area contributed by atoms with E-state index in [-0.39, 0.29) is 3.92 Å². The average molecular weight is 379 g/mol. The highest BCUT2D eigenvalue weighted by Crippen LogP contribution is 2.19. The Labute approximate surface area is 132 Å². The molecule has 1 saturated heterocycles. The highest BCUT2D eigenvalue weighted by atomic mass is 127. The fourth-order valence-electron chi connectivity index (χ4n) is 2.71. The molecule has 0 aromatic carbocycles. The molecule has 3 heteroatoms. The van der Waals surface area contributed by atoms with Crippen molar-refractivity contribution in [3.05, 3.63) is 0 Å². The van der Waals surface area contributed by atoms with Crippen LogP contribution in [0.5, 0.6) is 0 Å². The van der Waals surface area contributed by atoms with E-state index in [1.165, 1.54) is 64.2 Å². The third kappa shape index (κ3) is 7.52. The Balaban J connectivity index is 1.83. The Bertz CT molecular complexity index is 245. The summed E-state index contributed by atoms with van der Waals surface area (Å²) in [5.41, 5.74) is 0. The maximum atomic E-state index is 11.7. The Morgan fingerprint density at radius 3 is 2.00 bits per heavy atom. The van der Waals surface area contributed by atoms with E-state index in [0.29, 0.717) is 5.91 Å². The predicted octanol–water partition coefficient (Wildman–Crippen LogP) is 4.94. The summed E-state index contributed by atoms with van der Waals surface area (Å²) in [7, 11) is 0. The molecule has 1 rings (SSSR count). The maximum absolute atomic E-state index is 11.7. The predicted molar refractivity (Wildman–Crippen MR) is 90.8 cm³/mol. The highest BCUT2D eigenvalue weighted by Gasteiger charge is 2.28. The van der Waals surface area contributed by atoms with Crippen molar-refractivity contribution >= 4 is 28.5 Å². The summed E-state index contributed by atoms with van der Waals surface area (Å²) in [4.78, 5) is 13.8. The van der Waals surface area contributed by atoms with Crippen molar-refractivity contribution in [3.8, 4) is 0 Å². The summed E-state index contributed by atoms with van der Waals surface area (Å²) in [6.45, 7) is 4.25. The number of unbranched alkanes of at least 4 members (excludes halogenated alkanes) is 9. The van der Waals surface area contributed by atoms with Gasteiger partial charge in [0.2, 0.25) is 5.91 Å². The number of nitrogens with zero attached hydrogens (tertiary/aromatic N) is 1. The van der Waals surface area contributed by atoms with Gasteiger partial charge in [0.25, 0.3) is 0 Å². The standard InChI is InChI=1S/C16H30INO/c1-2-3-4-5-6-7-8-9-10-11-13-18-14-12-15(17)16(18)19/h15H,2-14H2,1H3. The summed E-state index contributed by atoms with van der Waals surface area (Å²) in [5.74, 6) is 0.372. The molecule has 0 spiro atoms. The molecule has 0 aromatic rings. The molecular weight excluding hydrogens is 349 g/mol. The van der Waals surface area contributed by atoms with Gasteiger partial charge in [0.1, 0.15) is 0 Å². The topological polar surface area (TPSA) is 20.3 Å². The number of hydrogen-bond donors (Lipinski definition) is 0. The van der Waals surface area contributed by atoms with E-state index in [1.54, 1.807) is 0 Å². The van der Waals surface area contributed by atoms with Crippen molar-refractivity contribution in [3.63, 3.8) is 0 Å². The van der Waals surface area contributed by atoms with Gasteiger partial charge in [0.05, 0.1) is 3.92 Å². The molecule has 112 valence electrons. The van der Waals surface area contributed by atoms with Gasteiger partial charge in [-0.1, -0.05) is 87.3 Å². The summed E-state index contributed by atoms with van der Waals surface area (Å²) in [6, 6.07) is 0. The highest BCUT2D eigenvalue weighted by molar-refractivity contribution is 14.1. The maximum Gasteiger partial charge on any atom is 0.235 e. The van der Waals surface area contributed by atoms with Crippen LogP contribution in [0.3, 0.4) is 0 Å². The summed E-state index contributed by atoms with van der Waals surface area (Å²) in [6.07, 6.45) is 14.7. The fraction of sp³-hybridized carbons (Fsp3) is 0.938. The van der Waals surface area contributed by atoms with Crippen LogP contribution in [0.15, 0.2) is 0 Å². The van der Waals surface area contributed by atoms with Crippen LogP contribution in [0.1, 0.15) is 77.6 Å². The molecule has 1 heterocycles. The van der Waals surface area contributed by atoms with E-state index in [1.807, 2.05) is 0 Å². The van der Waals surface area contributed by atoms with Gasteiger partial charge in [-0.3, -0.25) is 4.79 Å². The second-order valence-corrected chi connectivity index (χ2v) is 7.27. The first-order valence-electron chi connectivity index (χ1n) is 8.18. The zero-order chi connectivity index (χ0) is 13.9. The average Bonchev–Trinajstić information content (AvgIpc) is 2.73. The van der Waals surface area contributed by atoms with Crippen molar-refractivity contribution in [1.29, 1.82) is 0 Å². The van der Waals surface area contributed by atoms with Crippen LogP contribution in [0, 0.1) is 0 Å². The Hall–Kier alpha value is 0.200. The first kappa shape index (κ1) is 17.3. The van der Waals surface area contributed by atoms with Crippen LogP contribution in [-0.4, -0.2) is 27.8 Å². The molecular formula is C16H30INO. The van der Waals surface area contributed by atoms with Crippen molar-refractivity contribution in [2.75, 3.05) is 13.1 Å². The number of hydrogen-bond acceptors (Lipinski definition) is 1. The summed E-state index contributed by atoms with van der Waals surface area (Å²) in [5, 5.41) is 0. The smallest absolute Gasteiger partial charge is 0.235 e. The molecule has 0 aliphatic carbocycles. The van der Waals surface area contributed by atoms with E-state index in [4.69, 9.17) is 0 Å². The Morgan fingerprint density at radius 2 is 1.53 bits per heavy atom. The molecule has 0 aromatic heterocycles. The molecule has 0 saturated carbocycles. The second kappa shape index (κ2) is 10.9. The van der Waals surface area contributed by atoms with Crippen molar-refractivity contribution in [2.24, 2.45) is 0 Å². The molecule has 0 N–H and O–H groups in total. The molecule has 1 unspecified atom stereocenters. The first-order chi connectivity index (χ1) is 9.25. The lowest BCUT2D eigenvalue weighted by molar-refractivity contribution is -0.127. The molecule has 1 fully saturated rings. The fourth-order valence-corrected chi connectivity index (χ4v) is 3.39. The van der Waals surface area contributed by atoms with E-state index in [2.05, 4.69) is 34.4 Å². The van der Waals surface area contributed by atoms with Crippen LogP contribution in [-0.2, 0) is 4.79 Å². The van der Waals surface area contributed by atoms with Crippen LogP contribution >= 0.6 is 22.6 Å². The van der Waals surface area contributed by atoms with Gasteiger partial charge >= 0.3 is 0 Å². The van der Waals surface area contributed by atoms with E-state index in [9.17, 15) is 4.79 Å². The zero-order valence-corrected chi connectivity index (χ0v) is 14.7. The van der Waals surface area contributed by atoms with Crippen molar-refractivity contribution in [1.82, 2.24) is 4.90 Å². The third-order valence-corrected chi connectivity index (χ3v) is 5.17. The minimum atomic E-state index is 0.251. The van der Waals surface area contributed by atoms with E-state index >= 15 is 0 Å². The van der Waals surface area contributed by atoms with Gasteiger partial charge in [0, 0.05) is 13.1 Å². The van der Waals surface area contributed by atoms with Gasteiger partial charge in [-0.25, -0.2) is 0 Å². The van der Waals surface area contributed by atoms with Crippen LogP contribution < -0.4 is 0 Å². The first-order valence-corrected chi connectivity index (χ1v) is 9.43. The lowest BCUT2D eigenvalue weighted by Gasteiger charge is -2.15. The molecule has 0 radical (unpaired) electrons. The minimum absolute atomic E-state index is 0.251. The van der Waals surface area contributed by atoms with Gasteiger partial charge in [-0.2, -0.15) is 0 Å². The zero-order valence-electron chi connectivity index (χ0n) is 12.5. The SMILES string of the molecule is CCCCCCCCCCCCN1CCC(I)C1=O. The number of amides is 1. The molecule has 19 heavy (non-hydrogen) atoms. The van der Waals surface area contributed by atoms with Gasteiger partial charge < -0.3 is 4.90 Å². The Morgan fingerprint density at radius 1 is 1.00 bits per heavy atom. The number of carbonyl (C=O) groups is 1. The summed E-state index contributed by atoms with van der Waals surface area (Å²) < 4.78 is 0.251. The minimum Gasteiger partial charge on any atom is -0.342 e. The van der Waals surface area contributed by atoms with Gasteiger partial charge in [-0.05, 0) is 12.8 Å². The second-order valence-electron chi connectivity index (χ2n) is 5.76. The molecule has 1 amide bonds. The molecule has 1 aliphatic heterocycles. The lowest BCUT2D eigenvalue weighted by atomic mass is 10.1. The van der Waals surface area contributed by atoms with E-state index in [0.717, 1.165) is 19.5 Å². The number of alkyl halides is 1. The summed E-state index contributed by atoms with van der Waals surface area (Å²) >= 11 is 2.27. The van der Waals surface area contributed by atoms with Gasteiger partial charge in [-0.15, -0.1) is 0 Å².